The van der Waals surface area contributed by atoms with Crippen molar-refractivity contribution in [1.82, 2.24) is 9.80 Å². The quantitative estimate of drug-likeness (QED) is 0.828. The molecule has 148 valence electrons. The second kappa shape index (κ2) is 7.50. The molecule has 0 aromatic heterocycles. The van der Waals surface area contributed by atoms with Gasteiger partial charge in [-0.25, -0.2) is 0 Å². The normalized spacial score (nSPS) is 27.3. The molecule has 0 spiro atoms. The maximum absolute atomic E-state index is 12.9. The topological polar surface area (TPSA) is 70.1 Å². The van der Waals surface area contributed by atoms with Crippen LogP contribution in [0.3, 0.4) is 0 Å². The van der Waals surface area contributed by atoms with E-state index in [4.69, 9.17) is 4.74 Å². The van der Waals surface area contributed by atoms with Crippen LogP contribution in [0.2, 0.25) is 0 Å². The Morgan fingerprint density at radius 3 is 2.52 bits per heavy atom. The SMILES string of the molecule is CCOc1ccccc1CN1CCN(C(=O)[C@@H]2[C@H](C(=O)O)C2(C)C)C(C)C1. The maximum Gasteiger partial charge on any atom is 0.307 e. The standard InChI is InChI=1S/C21H30N2O4/c1-5-27-16-9-7-6-8-15(16)13-22-10-11-23(14(2)12-22)19(24)17-18(20(25)26)21(17,3)4/h6-9,14,17-18H,5,10-13H2,1-4H3,(H,25,26)/t14?,17-,18+/m0/s1. The van der Waals surface area contributed by atoms with Crippen molar-refractivity contribution < 1.29 is 19.4 Å². The minimum absolute atomic E-state index is 0.00531. The van der Waals surface area contributed by atoms with Crippen molar-refractivity contribution in [3.05, 3.63) is 29.8 Å². The van der Waals surface area contributed by atoms with Crippen molar-refractivity contribution in [2.75, 3.05) is 26.2 Å². The molecule has 1 aliphatic carbocycles. The van der Waals surface area contributed by atoms with E-state index < -0.39 is 23.2 Å². The molecule has 1 aliphatic heterocycles. The summed E-state index contributed by atoms with van der Waals surface area (Å²) in [6.07, 6.45) is 0. The third-order valence-electron chi connectivity index (χ3n) is 6.02. The summed E-state index contributed by atoms with van der Waals surface area (Å²) >= 11 is 0. The molecule has 27 heavy (non-hydrogen) atoms. The lowest BCUT2D eigenvalue weighted by atomic mass is 10.1. The Labute approximate surface area is 161 Å². The van der Waals surface area contributed by atoms with Gasteiger partial charge in [-0.2, -0.15) is 0 Å². The zero-order valence-corrected chi connectivity index (χ0v) is 16.6. The summed E-state index contributed by atoms with van der Waals surface area (Å²) in [5.41, 5.74) is 0.705. The van der Waals surface area contributed by atoms with Gasteiger partial charge < -0.3 is 14.7 Å². The first-order valence-corrected chi connectivity index (χ1v) is 9.73. The van der Waals surface area contributed by atoms with Gasteiger partial charge in [0.15, 0.2) is 0 Å². The van der Waals surface area contributed by atoms with E-state index in [9.17, 15) is 14.7 Å². The molecule has 1 saturated carbocycles. The van der Waals surface area contributed by atoms with Crippen LogP contribution in [0.5, 0.6) is 5.75 Å². The van der Waals surface area contributed by atoms with Gasteiger partial charge in [0.25, 0.3) is 0 Å². The first-order chi connectivity index (χ1) is 12.8. The lowest BCUT2D eigenvalue weighted by molar-refractivity contribution is -0.143. The second-order valence-corrected chi connectivity index (χ2v) is 8.27. The van der Waals surface area contributed by atoms with Crippen LogP contribution < -0.4 is 4.74 Å². The highest BCUT2D eigenvalue weighted by molar-refractivity contribution is 5.91. The average molecular weight is 374 g/mol. The molecule has 1 saturated heterocycles. The van der Waals surface area contributed by atoms with E-state index in [0.717, 1.165) is 30.9 Å². The summed E-state index contributed by atoms with van der Waals surface area (Å²) in [7, 11) is 0. The van der Waals surface area contributed by atoms with Crippen LogP contribution in [-0.2, 0) is 16.1 Å². The molecule has 1 heterocycles. The fourth-order valence-corrected chi connectivity index (χ4v) is 4.41. The average Bonchev–Trinajstić information content (AvgIpc) is 3.19. The van der Waals surface area contributed by atoms with Crippen LogP contribution in [0.4, 0.5) is 0 Å². The van der Waals surface area contributed by atoms with E-state index in [1.807, 2.05) is 50.8 Å². The molecule has 3 atom stereocenters. The van der Waals surface area contributed by atoms with E-state index in [1.165, 1.54) is 0 Å². The molecule has 6 nitrogen and oxygen atoms in total. The van der Waals surface area contributed by atoms with Crippen molar-refractivity contribution >= 4 is 11.9 Å². The van der Waals surface area contributed by atoms with Crippen LogP contribution in [-0.4, -0.2) is 59.1 Å². The van der Waals surface area contributed by atoms with Gasteiger partial charge in [-0.3, -0.25) is 14.5 Å². The van der Waals surface area contributed by atoms with Gasteiger partial charge in [0.1, 0.15) is 5.75 Å². The summed E-state index contributed by atoms with van der Waals surface area (Å²) in [6.45, 7) is 11.4. The van der Waals surface area contributed by atoms with E-state index >= 15 is 0 Å². The largest absolute Gasteiger partial charge is 0.494 e. The molecule has 2 fully saturated rings. The molecule has 1 N–H and O–H groups in total. The fourth-order valence-electron chi connectivity index (χ4n) is 4.41. The van der Waals surface area contributed by atoms with Crippen molar-refractivity contribution in [3.63, 3.8) is 0 Å². The molecular formula is C21H30N2O4. The van der Waals surface area contributed by atoms with Crippen LogP contribution in [0.1, 0.15) is 33.3 Å². The smallest absolute Gasteiger partial charge is 0.307 e. The highest BCUT2D eigenvalue weighted by Crippen LogP contribution is 2.59. The predicted octanol–water partition coefficient (Wildman–Crippen LogP) is 2.47. The lowest BCUT2D eigenvalue weighted by Gasteiger charge is -2.40. The summed E-state index contributed by atoms with van der Waals surface area (Å²) < 4.78 is 5.71. The number of rotatable bonds is 6. The molecule has 0 bridgehead atoms. The third-order valence-corrected chi connectivity index (χ3v) is 6.02. The number of carbonyl (C=O) groups excluding carboxylic acids is 1. The van der Waals surface area contributed by atoms with E-state index in [-0.39, 0.29) is 11.9 Å². The van der Waals surface area contributed by atoms with Crippen molar-refractivity contribution in [3.8, 4) is 5.75 Å². The Balaban J connectivity index is 1.62. The molecule has 1 aromatic carbocycles. The van der Waals surface area contributed by atoms with E-state index in [1.54, 1.807) is 0 Å². The zero-order chi connectivity index (χ0) is 19.8. The molecule has 2 aliphatic rings. The third kappa shape index (κ3) is 3.81. The number of benzene rings is 1. The van der Waals surface area contributed by atoms with Gasteiger partial charge >= 0.3 is 5.97 Å². The zero-order valence-electron chi connectivity index (χ0n) is 16.6. The lowest BCUT2D eigenvalue weighted by Crippen LogP contribution is -2.54. The Kier molecular flexibility index (Phi) is 5.47. The number of aliphatic carboxylic acids is 1. The molecule has 1 aromatic rings. The summed E-state index contributed by atoms with van der Waals surface area (Å²) in [5, 5.41) is 9.36. The van der Waals surface area contributed by atoms with E-state index in [0.29, 0.717) is 13.2 Å². The Morgan fingerprint density at radius 2 is 1.93 bits per heavy atom. The number of ether oxygens (including phenoxy) is 1. The first-order valence-electron chi connectivity index (χ1n) is 9.73. The number of piperazine rings is 1. The number of nitrogens with zero attached hydrogens (tertiary/aromatic N) is 2. The van der Waals surface area contributed by atoms with Gasteiger partial charge in [0.05, 0.1) is 18.4 Å². The van der Waals surface area contributed by atoms with Crippen LogP contribution in [0, 0.1) is 17.3 Å². The molecule has 3 rings (SSSR count). The number of amides is 1. The Bertz CT molecular complexity index is 718. The van der Waals surface area contributed by atoms with Gasteiger partial charge in [-0.05, 0) is 25.3 Å². The number of hydrogen-bond donors (Lipinski definition) is 1. The first kappa shape index (κ1) is 19.7. The van der Waals surface area contributed by atoms with E-state index in [2.05, 4.69) is 11.0 Å². The molecule has 1 amide bonds. The van der Waals surface area contributed by atoms with Crippen molar-refractivity contribution in [2.45, 2.75) is 40.3 Å². The van der Waals surface area contributed by atoms with Crippen LogP contribution >= 0.6 is 0 Å². The number of carbonyl (C=O) groups is 2. The minimum atomic E-state index is -0.864. The maximum atomic E-state index is 12.9. The number of hydrogen-bond acceptors (Lipinski definition) is 4. The predicted molar refractivity (Wildman–Crippen MR) is 102 cm³/mol. The second-order valence-electron chi connectivity index (χ2n) is 8.27. The monoisotopic (exact) mass is 374 g/mol. The number of carboxylic acid groups (broad SMARTS) is 1. The molecule has 0 radical (unpaired) electrons. The highest BCUT2D eigenvalue weighted by atomic mass is 16.5. The van der Waals surface area contributed by atoms with Crippen molar-refractivity contribution in [2.24, 2.45) is 17.3 Å². The van der Waals surface area contributed by atoms with Crippen molar-refractivity contribution in [1.29, 1.82) is 0 Å². The summed E-state index contributed by atoms with van der Waals surface area (Å²) in [4.78, 5) is 28.5. The van der Waals surface area contributed by atoms with Gasteiger partial charge in [-0.1, -0.05) is 32.0 Å². The van der Waals surface area contributed by atoms with Crippen LogP contribution in [0.25, 0.3) is 0 Å². The van der Waals surface area contributed by atoms with Crippen LogP contribution in [0.15, 0.2) is 24.3 Å². The summed E-state index contributed by atoms with van der Waals surface area (Å²) in [5.74, 6) is -0.919. The fraction of sp³-hybridized carbons (Fsp3) is 0.619. The Morgan fingerprint density at radius 1 is 1.22 bits per heavy atom. The molecule has 6 heteroatoms. The molecular weight excluding hydrogens is 344 g/mol. The Hall–Kier alpha value is -2.08. The number of para-hydroxylation sites is 1. The minimum Gasteiger partial charge on any atom is -0.494 e. The number of carboxylic acids is 1. The van der Waals surface area contributed by atoms with Gasteiger partial charge in [-0.15, -0.1) is 0 Å². The van der Waals surface area contributed by atoms with Gasteiger partial charge in [0.2, 0.25) is 5.91 Å². The van der Waals surface area contributed by atoms with Gasteiger partial charge in [0, 0.05) is 37.8 Å². The molecule has 1 unspecified atom stereocenters. The summed E-state index contributed by atoms with van der Waals surface area (Å²) in [6, 6.07) is 8.13. The highest BCUT2D eigenvalue weighted by Gasteiger charge is 2.66.